The van der Waals surface area contributed by atoms with Gasteiger partial charge in [-0.25, -0.2) is 0 Å². The van der Waals surface area contributed by atoms with E-state index < -0.39 is 0 Å². The number of rotatable bonds is 13. The highest BCUT2D eigenvalue weighted by molar-refractivity contribution is 6.43. The van der Waals surface area contributed by atoms with Crippen molar-refractivity contribution in [1.82, 2.24) is 0 Å². The van der Waals surface area contributed by atoms with Crippen LogP contribution in [0.2, 0.25) is 10.0 Å². The predicted octanol–water partition coefficient (Wildman–Crippen LogP) is 7.12. The number of hydrogen-bond acceptors (Lipinski definition) is 5. The van der Waals surface area contributed by atoms with E-state index in [1.807, 2.05) is 36.4 Å². The van der Waals surface area contributed by atoms with E-state index in [0.29, 0.717) is 36.1 Å². The van der Waals surface area contributed by atoms with Crippen LogP contribution in [-0.2, 0) is 22.4 Å². The first-order valence-corrected chi connectivity index (χ1v) is 17.3. The molecule has 0 aromatic heterocycles. The first-order chi connectivity index (χ1) is 22.4. The quantitative estimate of drug-likeness (QED) is 0.150. The van der Waals surface area contributed by atoms with Gasteiger partial charge < -0.3 is 29.5 Å². The second-order valence-corrected chi connectivity index (χ2v) is 13.4. The average molecular weight is 667 g/mol. The highest BCUT2D eigenvalue weighted by Crippen LogP contribution is 2.34. The van der Waals surface area contributed by atoms with Crippen LogP contribution in [0.25, 0.3) is 0 Å². The van der Waals surface area contributed by atoms with Crippen LogP contribution in [-0.4, -0.2) is 68.8 Å². The number of aryl methyl sites for hydroxylation is 2. The molecule has 6 rings (SSSR count). The zero-order chi connectivity index (χ0) is 31.9. The molecule has 0 unspecified atom stereocenters. The van der Waals surface area contributed by atoms with Crippen molar-refractivity contribution < 1.29 is 23.5 Å². The first-order valence-electron chi connectivity index (χ1n) is 16.5. The Labute approximate surface area is 281 Å². The standard InChI is InChI=1S/C36H42Cl2N4O4/c37-30-6-5-7-33(36(30)38)41-16-20-42(21-17-41,18-1-3-22-45-28-12-8-26-10-14-34(43)39-31(26)24-28)19-2-4-23-46-29-13-9-27-11-15-35(44)40-32(27)25-29/h5-9,12-13,24-25H,1-4,10-11,14-23H2,(H-,39,40,43,44)/p+1. The average Bonchev–Trinajstić information content (AvgIpc) is 3.06. The molecular weight excluding hydrogens is 623 g/mol. The number of carbonyl (C=O) groups is 2. The van der Waals surface area contributed by atoms with E-state index in [2.05, 4.69) is 33.7 Å². The molecular formula is C36H43Cl2N4O4+. The van der Waals surface area contributed by atoms with Gasteiger partial charge in [-0.05, 0) is 73.9 Å². The molecule has 10 heteroatoms. The number of anilines is 3. The minimum Gasteiger partial charge on any atom is -0.494 e. The fraction of sp³-hybridized carbons (Fsp3) is 0.444. The molecule has 244 valence electrons. The van der Waals surface area contributed by atoms with E-state index in [-0.39, 0.29) is 11.8 Å². The summed E-state index contributed by atoms with van der Waals surface area (Å²) >= 11 is 12.9. The molecule has 3 aliphatic rings. The topological polar surface area (TPSA) is 79.9 Å². The number of hydrogen-bond donors (Lipinski definition) is 2. The Hall–Kier alpha value is -3.46. The molecule has 1 saturated heterocycles. The van der Waals surface area contributed by atoms with Crippen LogP contribution >= 0.6 is 23.2 Å². The van der Waals surface area contributed by atoms with Gasteiger partial charge in [-0.1, -0.05) is 41.4 Å². The van der Waals surface area contributed by atoms with Crippen LogP contribution in [0.15, 0.2) is 54.6 Å². The fourth-order valence-electron chi connectivity index (χ4n) is 6.79. The summed E-state index contributed by atoms with van der Waals surface area (Å²) in [5.41, 5.74) is 5.09. The SMILES string of the molecule is O=C1CCc2ccc(OCCCC[N+]3(CCCCOc4ccc5c(c4)NC(=O)CC5)CCN(c4cccc(Cl)c4Cl)CC3)cc2N1. The van der Waals surface area contributed by atoms with Crippen molar-refractivity contribution in [1.29, 1.82) is 0 Å². The lowest BCUT2D eigenvalue weighted by molar-refractivity contribution is -0.929. The smallest absolute Gasteiger partial charge is 0.224 e. The number of piperazine rings is 1. The number of halogens is 2. The number of nitrogens with zero attached hydrogens (tertiary/aromatic N) is 2. The molecule has 2 amide bonds. The summed E-state index contributed by atoms with van der Waals surface area (Å²) in [4.78, 5) is 26.0. The van der Waals surface area contributed by atoms with Gasteiger partial charge in [-0.2, -0.15) is 0 Å². The normalized spacial score (nSPS) is 17.0. The Morgan fingerprint density at radius 3 is 1.78 bits per heavy atom. The van der Waals surface area contributed by atoms with Crippen molar-refractivity contribution in [3.8, 4) is 11.5 Å². The third-order valence-electron chi connectivity index (χ3n) is 9.51. The lowest BCUT2D eigenvalue weighted by Gasteiger charge is -2.46. The van der Waals surface area contributed by atoms with Crippen molar-refractivity contribution in [2.75, 3.05) is 68.0 Å². The largest absolute Gasteiger partial charge is 0.494 e. The van der Waals surface area contributed by atoms with Crippen molar-refractivity contribution in [2.45, 2.75) is 51.4 Å². The van der Waals surface area contributed by atoms with Crippen LogP contribution in [0.5, 0.6) is 11.5 Å². The summed E-state index contributed by atoms with van der Waals surface area (Å²) in [6.45, 7) is 7.40. The van der Waals surface area contributed by atoms with Crippen LogP contribution in [0.4, 0.5) is 17.1 Å². The lowest BCUT2D eigenvalue weighted by atomic mass is 10.0. The Morgan fingerprint density at radius 1 is 0.696 bits per heavy atom. The summed E-state index contributed by atoms with van der Waals surface area (Å²) in [6.07, 6.45) is 6.70. The second kappa shape index (κ2) is 15.0. The molecule has 3 aromatic carbocycles. The highest BCUT2D eigenvalue weighted by Gasteiger charge is 2.33. The number of fused-ring (bicyclic) bond motifs is 2. The van der Waals surface area contributed by atoms with Crippen LogP contribution < -0.4 is 25.0 Å². The molecule has 0 atom stereocenters. The van der Waals surface area contributed by atoms with E-state index in [1.165, 1.54) is 0 Å². The third-order valence-corrected chi connectivity index (χ3v) is 10.3. The molecule has 2 N–H and O–H groups in total. The van der Waals surface area contributed by atoms with Gasteiger partial charge in [0.05, 0.1) is 68.2 Å². The maximum atomic E-state index is 11.8. The van der Waals surface area contributed by atoms with E-state index in [0.717, 1.165) is 122 Å². The third kappa shape index (κ3) is 8.08. The van der Waals surface area contributed by atoms with E-state index in [1.54, 1.807) is 0 Å². The molecule has 46 heavy (non-hydrogen) atoms. The van der Waals surface area contributed by atoms with Crippen molar-refractivity contribution in [3.63, 3.8) is 0 Å². The van der Waals surface area contributed by atoms with Crippen molar-refractivity contribution in [3.05, 3.63) is 75.8 Å². The van der Waals surface area contributed by atoms with Gasteiger partial charge in [-0.15, -0.1) is 0 Å². The number of amides is 2. The summed E-state index contributed by atoms with van der Waals surface area (Å²) in [7, 11) is 0. The Bertz CT molecular complexity index is 1480. The van der Waals surface area contributed by atoms with E-state index >= 15 is 0 Å². The summed E-state index contributed by atoms with van der Waals surface area (Å²) < 4.78 is 13.2. The highest BCUT2D eigenvalue weighted by atomic mass is 35.5. The predicted molar refractivity (Wildman–Crippen MR) is 185 cm³/mol. The zero-order valence-electron chi connectivity index (χ0n) is 26.3. The molecule has 3 heterocycles. The molecule has 0 bridgehead atoms. The van der Waals surface area contributed by atoms with Crippen molar-refractivity contribution >= 4 is 52.1 Å². The molecule has 0 saturated carbocycles. The summed E-state index contributed by atoms with van der Waals surface area (Å²) in [5, 5.41) is 7.13. The summed E-state index contributed by atoms with van der Waals surface area (Å²) in [6, 6.07) is 17.9. The number of unbranched alkanes of at least 4 members (excludes halogenated alkanes) is 2. The van der Waals surface area contributed by atoms with Gasteiger partial charge in [0.15, 0.2) is 0 Å². The van der Waals surface area contributed by atoms with Crippen LogP contribution in [0.1, 0.15) is 49.7 Å². The molecule has 0 aliphatic carbocycles. The molecule has 3 aliphatic heterocycles. The molecule has 3 aromatic rings. The van der Waals surface area contributed by atoms with Gasteiger partial charge in [0.1, 0.15) is 11.5 Å². The van der Waals surface area contributed by atoms with Crippen molar-refractivity contribution in [2.24, 2.45) is 0 Å². The number of nitrogens with one attached hydrogen (secondary N) is 2. The molecule has 0 spiro atoms. The lowest BCUT2D eigenvalue weighted by Crippen LogP contribution is -2.60. The minimum atomic E-state index is 0.0663. The number of quaternary nitrogens is 1. The van der Waals surface area contributed by atoms with Gasteiger partial charge >= 0.3 is 0 Å². The van der Waals surface area contributed by atoms with Gasteiger partial charge in [-0.3, -0.25) is 9.59 Å². The maximum absolute atomic E-state index is 11.8. The molecule has 0 radical (unpaired) electrons. The van der Waals surface area contributed by atoms with E-state index in [9.17, 15) is 9.59 Å². The number of carbonyl (C=O) groups excluding carboxylic acids is 2. The second-order valence-electron chi connectivity index (χ2n) is 12.6. The Balaban J connectivity index is 1.00. The Morgan fingerprint density at radius 2 is 1.24 bits per heavy atom. The van der Waals surface area contributed by atoms with E-state index in [4.69, 9.17) is 32.7 Å². The number of benzene rings is 3. The summed E-state index contributed by atoms with van der Waals surface area (Å²) in [5.74, 6) is 1.74. The van der Waals surface area contributed by atoms with Gasteiger partial charge in [0.25, 0.3) is 0 Å². The monoisotopic (exact) mass is 665 g/mol. The van der Waals surface area contributed by atoms with Gasteiger partial charge in [0.2, 0.25) is 11.8 Å². The maximum Gasteiger partial charge on any atom is 0.224 e. The number of ether oxygens (including phenoxy) is 2. The Kier molecular flexibility index (Phi) is 10.6. The van der Waals surface area contributed by atoms with Crippen LogP contribution in [0, 0.1) is 0 Å². The van der Waals surface area contributed by atoms with Crippen LogP contribution in [0.3, 0.4) is 0 Å². The first kappa shape index (κ1) is 32.5. The molecule has 1 fully saturated rings. The zero-order valence-corrected chi connectivity index (χ0v) is 27.8. The van der Waals surface area contributed by atoms with Gasteiger partial charge in [0, 0.05) is 36.3 Å². The molecule has 8 nitrogen and oxygen atoms in total. The minimum absolute atomic E-state index is 0.0663. The fourth-order valence-corrected chi connectivity index (χ4v) is 7.20.